The van der Waals surface area contributed by atoms with Gasteiger partial charge in [-0.25, -0.2) is 9.37 Å². The van der Waals surface area contributed by atoms with Crippen molar-refractivity contribution in [2.45, 2.75) is 18.1 Å². The Labute approximate surface area is 188 Å². The predicted molar refractivity (Wildman–Crippen MR) is 123 cm³/mol. The summed E-state index contributed by atoms with van der Waals surface area (Å²) in [4.78, 5) is 31.1. The lowest BCUT2D eigenvalue weighted by Gasteiger charge is -2.12. The SMILES string of the molecule is O=C(CSc1nc2ccsc2c(=O)n1CCc1cccs1)Nc1cc(F)ccc1Cl. The fourth-order valence-corrected chi connectivity index (χ4v) is 5.28. The number of thioether (sulfide) groups is 1. The zero-order chi connectivity index (χ0) is 21.1. The van der Waals surface area contributed by atoms with Crippen molar-refractivity contribution in [3.8, 4) is 0 Å². The van der Waals surface area contributed by atoms with E-state index in [1.165, 1.54) is 40.1 Å². The fourth-order valence-electron chi connectivity index (χ4n) is 2.82. The number of aromatic nitrogens is 2. The van der Waals surface area contributed by atoms with Crippen molar-refractivity contribution in [3.63, 3.8) is 0 Å². The monoisotopic (exact) mass is 479 g/mol. The number of anilines is 1. The van der Waals surface area contributed by atoms with Gasteiger partial charge < -0.3 is 5.32 Å². The Bertz CT molecular complexity index is 1250. The lowest BCUT2D eigenvalue weighted by molar-refractivity contribution is -0.113. The van der Waals surface area contributed by atoms with Crippen LogP contribution in [-0.4, -0.2) is 21.2 Å². The smallest absolute Gasteiger partial charge is 0.272 e. The molecule has 3 aromatic heterocycles. The Morgan fingerprint density at radius 3 is 2.90 bits per heavy atom. The quantitative estimate of drug-likeness (QED) is 0.289. The molecule has 1 amide bonds. The summed E-state index contributed by atoms with van der Waals surface area (Å²) in [7, 11) is 0. The number of aryl methyl sites for hydroxylation is 1. The molecule has 0 aliphatic carbocycles. The van der Waals surface area contributed by atoms with Crippen LogP contribution in [0.5, 0.6) is 0 Å². The third kappa shape index (κ3) is 4.75. The second kappa shape index (κ2) is 9.30. The summed E-state index contributed by atoms with van der Waals surface area (Å²) in [5.74, 6) is -0.847. The molecule has 3 heterocycles. The molecule has 0 atom stereocenters. The molecule has 4 rings (SSSR count). The number of benzene rings is 1. The maximum absolute atomic E-state index is 13.4. The van der Waals surface area contributed by atoms with Crippen molar-refractivity contribution in [2.24, 2.45) is 0 Å². The molecule has 0 aliphatic heterocycles. The van der Waals surface area contributed by atoms with Gasteiger partial charge in [-0.05, 0) is 47.5 Å². The Morgan fingerprint density at radius 1 is 1.23 bits per heavy atom. The summed E-state index contributed by atoms with van der Waals surface area (Å²) in [5, 5.41) is 7.15. The van der Waals surface area contributed by atoms with Gasteiger partial charge in [-0.2, -0.15) is 0 Å². The van der Waals surface area contributed by atoms with Crippen molar-refractivity contribution in [1.29, 1.82) is 0 Å². The Hall–Kier alpha value is -2.20. The lowest BCUT2D eigenvalue weighted by atomic mass is 10.3. The molecule has 0 aliphatic rings. The van der Waals surface area contributed by atoms with E-state index < -0.39 is 5.82 Å². The van der Waals surface area contributed by atoms with Gasteiger partial charge in [0.25, 0.3) is 5.56 Å². The summed E-state index contributed by atoms with van der Waals surface area (Å²) in [6, 6.07) is 9.56. The van der Waals surface area contributed by atoms with Crippen LogP contribution in [0.25, 0.3) is 10.2 Å². The van der Waals surface area contributed by atoms with E-state index in [1.54, 1.807) is 22.0 Å². The largest absolute Gasteiger partial charge is 0.324 e. The summed E-state index contributed by atoms with van der Waals surface area (Å²) in [6.45, 7) is 0.472. The first-order chi connectivity index (χ1) is 14.5. The number of amides is 1. The zero-order valence-electron chi connectivity index (χ0n) is 15.4. The topological polar surface area (TPSA) is 64.0 Å². The van der Waals surface area contributed by atoms with Gasteiger partial charge in [0.15, 0.2) is 5.16 Å². The molecular formula is C20H15ClFN3O2S3. The highest BCUT2D eigenvalue weighted by Crippen LogP contribution is 2.24. The van der Waals surface area contributed by atoms with Crippen LogP contribution >= 0.6 is 46.0 Å². The van der Waals surface area contributed by atoms with Gasteiger partial charge in [0.1, 0.15) is 10.5 Å². The third-order valence-electron chi connectivity index (χ3n) is 4.23. The molecule has 0 saturated heterocycles. The Morgan fingerprint density at radius 2 is 2.10 bits per heavy atom. The summed E-state index contributed by atoms with van der Waals surface area (Å²) < 4.78 is 15.6. The summed E-state index contributed by atoms with van der Waals surface area (Å²) in [5.41, 5.74) is 0.717. The molecule has 10 heteroatoms. The number of hydrogen-bond acceptors (Lipinski definition) is 6. The van der Waals surface area contributed by atoms with Crippen LogP contribution in [0.1, 0.15) is 4.88 Å². The van der Waals surface area contributed by atoms with Gasteiger partial charge in [0.2, 0.25) is 5.91 Å². The number of carbonyl (C=O) groups is 1. The highest BCUT2D eigenvalue weighted by Gasteiger charge is 2.15. The number of nitrogens with zero attached hydrogens (tertiary/aromatic N) is 2. The Balaban J connectivity index is 1.53. The molecule has 1 aromatic carbocycles. The van der Waals surface area contributed by atoms with E-state index in [0.29, 0.717) is 28.3 Å². The maximum Gasteiger partial charge on any atom is 0.272 e. The van der Waals surface area contributed by atoms with Crippen LogP contribution in [0.3, 0.4) is 0 Å². The van der Waals surface area contributed by atoms with Crippen LogP contribution in [0, 0.1) is 5.82 Å². The summed E-state index contributed by atoms with van der Waals surface area (Å²) in [6.07, 6.45) is 0.703. The molecule has 30 heavy (non-hydrogen) atoms. The average Bonchev–Trinajstić information content (AvgIpc) is 3.40. The average molecular weight is 480 g/mol. The van der Waals surface area contributed by atoms with E-state index in [0.717, 1.165) is 6.07 Å². The van der Waals surface area contributed by atoms with E-state index in [1.807, 2.05) is 22.9 Å². The molecule has 0 unspecified atom stereocenters. The molecule has 0 saturated carbocycles. The molecule has 154 valence electrons. The molecule has 0 bridgehead atoms. The molecule has 0 radical (unpaired) electrons. The van der Waals surface area contributed by atoms with E-state index in [2.05, 4.69) is 10.3 Å². The van der Waals surface area contributed by atoms with Crippen molar-refractivity contribution >= 4 is 67.8 Å². The van der Waals surface area contributed by atoms with E-state index >= 15 is 0 Å². The van der Waals surface area contributed by atoms with Gasteiger partial charge in [-0.15, -0.1) is 22.7 Å². The maximum atomic E-state index is 13.4. The summed E-state index contributed by atoms with van der Waals surface area (Å²) >= 11 is 10.2. The number of carbonyl (C=O) groups excluding carboxylic acids is 1. The van der Waals surface area contributed by atoms with Crippen LogP contribution in [0.2, 0.25) is 5.02 Å². The van der Waals surface area contributed by atoms with Gasteiger partial charge in [0, 0.05) is 11.4 Å². The Kier molecular flexibility index (Phi) is 6.52. The first kappa shape index (κ1) is 21.0. The first-order valence-electron chi connectivity index (χ1n) is 8.89. The number of nitrogens with one attached hydrogen (secondary N) is 1. The number of thiophene rings is 2. The molecule has 5 nitrogen and oxygen atoms in total. The first-order valence-corrected chi connectivity index (χ1v) is 12.0. The zero-order valence-corrected chi connectivity index (χ0v) is 18.6. The van der Waals surface area contributed by atoms with Crippen molar-refractivity contribution in [1.82, 2.24) is 9.55 Å². The highest BCUT2D eigenvalue weighted by atomic mass is 35.5. The van der Waals surface area contributed by atoms with Crippen molar-refractivity contribution in [3.05, 3.63) is 73.2 Å². The number of hydrogen-bond donors (Lipinski definition) is 1. The van der Waals surface area contributed by atoms with Crippen LogP contribution in [-0.2, 0) is 17.8 Å². The lowest BCUT2D eigenvalue weighted by Crippen LogP contribution is -2.24. The van der Waals surface area contributed by atoms with Crippen molar-refractivity contribution < 1.29 is 9.18 Å². The molecule has 1 N–H and O–H groups in total. The molecule has 0 fully saturated rings. The van der Waals surface area contributed by atoms with E-state index in [4.69, 9.17) is 11.6 Å². The van der Waals surface area contributed by atoms with Gasteiger partial charge >= 0.3 is 0 Å². The number of halogens is 2. The van der Waals surface area contributed by atoms with Gasteiger partial charge in [-0.1, -0.05) is 29.4 Å². The van der Waals surface area contributed by atoms with Crippen LogP contribution in [0.15, 0.2) is 57.1 Å². The predicted octanol–water partition coefficient (Wildman–Crippen LogP) is 5.29. The van der Waals surface area contributed by atoms with Crippen LogP contribution in [0.4, 0.5) is 10.1 Å². The minimum Gasteiger partial charge on any atom is -0.324 e. The van der Waals surface area contributed by atoms with Gasteiger partial charge in [-0.3, -0.25) is 14.2 Å². The number of fused-ring (bicyclic) bond motifs is 1. The minimum atomic E-state index is -0.491. The van der Waals surface area contributed by atoms with E-state index in [9.17, 15) is 14.0 Å². The van der Waals surface area contributed by atoms with Gasteiger partial charge in [0.05, 0.1) is 22.0 Å². The molecule has 0 spiro atoms. The highest BCUT2D eigenvalue weighted by molar-refractivity contribution is 7.99. The standard InChI is InChI=1S/C20H15ClFN3O2S3/c21-14-4-3-12(22)10-16(14)23-17(26)11-30-20-24-15-6-9-29-18(15)19(27)25(20)7-5-13-2-1-8-28-13/h1-4,6,8-10H,5,7,11H2,(H,23,26). The van der Waals surface area contributed by atoms with Crippen LogP contribution < -0.4 is 10.9 Å². The second-order valence-corrected chi connectivity index (χ2v) is 9.57. The fraction of sp³-hybridized carbons (Fsp3) is 0.150. The van der Waals surface area contributed by atoms with E-state index in [-0.39, 0.29) is 27.9 Å². The second-order valence-electron chi connectivity index (χ2n) is 6.28. The molecular weight excluding hydrogens is 465 g/mol. The van der Waals surface area contributed by atoms with Crippen molar-refractivity contribution in [2.75, 3.05) is 11.1 Å². The number of rotatable bonds is 7. The molecule has 4 aromatic rings. The normalized spacial score (nSPS) is 11.1. The minimum absolute atomic E-state index is 0.00787. The third-order valence-corrected chi connectivity index (χ3v) is 7.36.